The van der Waals surface area contributed by atoms with Gasteiger partial charge < -0.3 is 10.1 Å². The number of ether oxygens (including phenoxy) is 1. The maximum atomic E-state index is 11.5. The van der Waals surface area contributed by atoms with Gasteiger partial charge in [-0.3, -0.25) is 9.59 Å². The van der Waals surface area contributed by atoms with Gasteiger partial charge >= 0.3 is 5.97 Å². The molecule has 0 aromatic carbocycles. The fourth-order valence-corrected chi connectivity index (χ4v) is 1.46. The highest BCUT2D eigenvalue weighted by Crippen LogP contribution is 2.05. The van der Waals surface area contributed by atoms with Crippen LogP contribution in [0.2, 0.25) is 0 Å². The minimum Gasteiger partial charge on any atom is -0.465 e. The molecule has 0 aromatic heterocycles. The molecular weight excluding hydrogens is 242 g/mol. The number of nitrogens with one attached hydrogen (secondary N) is 1. The average Bonchev–Trinajstić information content (AvgIpc) is 2.43. The second-order valence-corrected chi connectivity index (χ2v) is 5.14. The summed E-state index contributed by atoms with van der Waals surface area (Å²) < 4.78 is 5.15. The van der Waals surface area contributed by atoms with E-state index in [1.165, 1.54) is 0 Å². The van der Waals surface area contributed by atoms with Crippen LogP contribution in [0.1, 0.15) is 59.8 Å². The molecule has 4 heteroatoms. The van der Waals surface area contributed by atoms with Crippen molar-refractivity contribution in [3.63, 3.8) is 0 Å². The number of amides is 1. The van der Waals surface area contributed by atoms with Crippen LogP contribution in [0.4, 0.5) is 0 Å². The van der Waals surface area contributed by atoms with E-state index in [1.54, 1.807) is 0 Å². The molecular formula is C15H29NO3. The van der Waals surface area contributed by atoms with Crippen LogP contribution >= 0.6 is 0 Å². The second kappa shape index (κ2) is 10.8. The Kier molecular flexibility index (Phi) is 10.2. The van der Waals surface area contributed by atoms with Crippen LogP contribution in [0.3, 0.4) is 0 Å². The predicted octanol–water partition coefficient (Wildman–Crippen LogP) is 2.91. The molecule has 0 bridgehead atoms. The van der Waals surface area contributed by atoms with E-state index < -0.39 is 0 Å². The third kappa shape index (κ3) is 8.62. The average molecular weight is 271 g/mol. The van der Waals surface area contributed by atoms with Gasteiger partial charge in [-0.05, 0) is 32.1 Å². The zero-order valence-electron chi connectivity index (χ0n) is 12.8. The van der Waals surface area contributed by atoms with Crippen LogP contribution in [-0.4, -0.2) is 25.0 Å². The first kappa shape index (κ1) is 17.9. The molecule has 0 aromatic rings. The molecule has 1 N–H and O–H groups in total. The summed E-state index contributed by atoms with van der Waals surface area (Å²) in [5.41, 5.74) is 0. The monoisotopic (exact) mass is 271 g/mol. The van der Waals surface area contributed by atoms with Gasteiger partial charge in [0, 0.05) is 12.5 Å². The fourth-order valence-electron chi connectivity index (χ4n) is 1.46. The molecule has 1 amide bonds. The zero-order chi connectivity index (χ0) is 14.7. The molecule has 0 spiro atoms. The number of unbranched alkanes of at least 4 members (excludes halogenated alkanes) is 2. The molecule has 0 saturated carbocycles. The Morgan fingerprint density at radius 3 is 2.21 bits per heavy atom. The predicted molar refractivity (Wildman–Crippen MR) is 76.7 cm³/mol. The first-order valence-corrected chi connectivity index (χ1v) is 7.47. The van der Waals surface area contributed by atoms with Crippen LogP contribution in [0.5, 0.6) is 0 Å². The second-order valence-electron chi connectivity index (χ2n) is 5.14. The molecule has 0 fully saturated rings. The van der Waals surface area contributed by atoms with E-state index in [4.69, 9.17) is 4.74 Å². The van der Waals surface area contributed by atoms with E-state index in [0.29, 0.717) is 13.2 Å². The Hall–Kier alpha value is -1.06. The lowest BCUT2D eigenvalue weighted by atomic mass is 10.1. The molecule has 0 radical (unpaired) electrons. The van der Waals surface area contributed by atoms with E-state index in [0.717, 1.165) is 32.1 Å². The standard InChI is InChI=1S/C15H29NO3/c1-5-12(3)14(17)16-10-8-7-9-11-19-15(18)13(4)6-2/h12-13H,5-11H2,1-4H3,(H,16,17). The highest BCUT2D eigenvalue weighted by Gasteiger charge is 2.11. The Morgan fingerprint density at radius 1 is 1.00 bits per heavy atom. The van der Waals surface area contributed by atoms with Crippen molar-refractivity contribution < 1.29 is 14.3 Å². The van der Waals surface area contributed by atoms with Gasteiger partial charge in [-0.1, -0.05) is 27.7 Å². The Bertz CT molecular complexity index is 240. The topological polar surface area (TPSA) is 55.4 Å². The lowest BCUT2D eigenvalue weighted by molar-refractivity contribution is -0.148. The van der Waals surface area contributed by atoms with E-state index in [9.17, 15) is 9.59 Å². The van der Waals surface area contributed by atoms with Crippen LogP contribution in [0, 0.1) is 11.8 Å². The minimum absolute atomic E-state index is 0.00480. The summed E-state index contributed by atoms with van der Waals surface area (Å²) in [4.78, 5) is 22.9. The van der Waals surface area contributed by atoms with Gasteiger partial charge in [0.05, 0.1) is 12.5 Å². The number of hydrogen-bond acceptors (Lipinski definition) is 3. The van der Waals surface area contributed by atoms with Crippen molar-refractivity contribution in [1.82, 2.24) is 5.32 Å². The third-order valence-electron chi connectivity index (χ3n) is 3.44. The highest BCUT2D eigenvalue weighted by molar-refractivity contribution is 5.78. The lowest BCUT2D eigenvalue weighted by Gasteiger charge is -2.10. The van der Waals surface area contributed by atoms with Crippen molar-refractivity contribution in [2.45, 2.75) is 59.8 Å². The van der Waals surface area contributed by atoms with Gasteiger partial charge in [0.25, 0.3) is 0 Å². The van der Waals surface area contributed by atoms with Crippen LogP contribution in [-0.2, 0) is 14.3 Å². The fraction of sp³-hybridized carbons (Fsp3) is 0.867. The Morgan fingerprint density at radius 2 is 1.63 bits per heavy atom. The van der Waals surface area contributed by atoms with Crippen molar-refractivity contribution in [1.29, 1.82) is 0 Å². The van der Waals surface area contributed by atoms with E-state index >= 15 is 0 Å². The zero-order valence-corrected chi connectivity index (χ0v) is 12.8. The van der Waals surface area contributed by atoms with E-state index in [1.807, 2.05) is 27.7 Å². The smallest absolute Gasteiger partial charge is 0.308 e. The normalized spacial score (nSPS) is 13.7. The SMILES string of the molecule is CCC(C)C(=O)NCCCCCOC(=O)C(C)CC. The summed E-state index contributed by atoms with van der Waals surface area (Å²) in [5.74, 6) is 0.115. The molecule has 0 rings (SSSR count). The number of carbonyl (C=O) groups excluding carboxylic acids is 2. The minimum atomic E-state index is -0.104. The molecule has 2 unspecified atom stereocenters. The number of rotatable bonds is 10. The third-order valence-corrected chi connectivity index (χ3v) is 3.44. The van der Waals surface area contributed by atoms with Crippen molar-refractivity contribution >= 4 is 11.9 Å². The molecule has 2 atom stereocenters. The molecule has 4 nitrogen and oxygen atoms in total. The maximum Gasteiger partial charge on any atom is 0.308 e. The molecule has 0 saturated heterocycles. The number of esters is 1. The summed E-state index contributed by atoms with van der Waals surface area (Å²) in [6.45, 7) is 9.00. The molecule has 0 aliphatic carbocycles. The summed E-state index contributed by atoms with van der Waals surface area (Å²) in [6.07, 6.45) is 4.46. The highest BCUT2D eigenvalue weighted by atomic mass is 16.5. The van der Waals surface area contributed by atoms with Crippen LogP contribution in [0.15, 0.2) is 0 Å². The quantitative estimate of drug-likeness (QED) is 0.491. The summed E-state index contributed by atoms with van der Waals surface area (Å²) in [7, 11) is 0. The molecule has 19 heavy (non-hydrogen) atoms. The van der Waals surface area contributed by atoms with Gasteiger partial charge in [-0.15, -0.1) is 0 Å². The number of hydrogen-bond donors (Lipinski definition) is 1. The van der Waals surface area contributed by atoms with Crippen LogP contribution in [0.25, 0.3) is 0 Å². The summed E-state index contributed by atoms with van der Waals surface area (Å²) >= 11 is 0. The maximum absolute atomic E-state index is 11.5. The molecule has 0 heterocycles. The first-order chi connectivity index (χ1) is 9.02. The van der Waals surface area contributed by atoms with Crippen molar-refractivity contribution in [3.05, 3.63) is 0 Å². The van der Waals surface area contributed by atoms with Gasteiger partial charge in [0.1, 0.15) is 0 Å². The molecule has 0 aliphatic heterocycles. The van der Waals surface area contributed by atoms with Crippen molar-refractivity contribution in [3.8, 4) is 0 Å². The Labute approximate surface area is 117 Å². The van der Waals surface area contributed by atoms with Crippen LogP contribution < -0.4 is 5.32 Å². The van der Waals surface area contributed by atoms with Crippen molar-refractivity contribution in [2.24, 2.45) is 11.8 Å². The van der Waals surface area contributed by atoms with Crippen molar-refractivity contribution in [2.75, 3.05) is 13.2 Å². The van der Waals surface area contributed by atoms with Gasteiger partial charge in [0.2, 0.25) is 5.91 Å². The number of carbonyl (C=O) groups is 2. The largest absolute Gasteiger partial charge is 0.465 e. The Balaban J connectivity index is 3.42. The van der Waals surface area contributed by atoms with Gasteiger partial charge in [0.15, 0.2) is 0 Å². The van der Waals surface area contributed by atoms with Gasteiger partial charge in [-0.25, -0.2) is 0 Å². The summed E-state index contributed by atoms with van der Waals surface area (Å²) in [6, 6.07) is 0. The first-order valence-electron chi connectivity index (χ1n) is 7.47. The lowest BCUT2D eigenvalue weighted by Crippen LogP contribution is -2.29. The molecule has 0 aliphatic rings. The van der Waals surface area contributed by atoms with E-state index in [2.05, 4.69) is 5.32 Å². The summed E-state index contributed by atoms with van der Waals surface area (Å²) in [5, 5.41) is 2.91. The molecule has 112 valence electrons. The van der Waals surface area contributed by atoms with Gasteiger partial charge in [-0.2, -0.15) is 0 Å². The van der Waals surface area contributed by atoms with E-state index in [-0.39, 0.29) is 23.7 Å².